The van der Waals surface area contributed by atoms with E-state index in [4.69, 9.17) is 5.73 Å². The SMILES string of the molecule is COC(=O)Cc1cccc(Br)c1N. The summed E-state index contributed by atoms with van der Waals surface area (Å²) in [6.07, 6.45) is 0.210. The lowest BCUT2D eigenvalue weighted by atomic mass is 10.1. The summed E-state index contributed by atoms with van der Waals surface area (Å²) in [6.45, 7) is 0. The van der Waals surface area contributed by atoms with Crippen molar-refractivity contribution >= 4 is 27.6 Å². The van der Waals surface area contributed by atoms with Crippen molar-refractivity contribution in [3.05, 3.63) is 28.2 Å². The number of nitrogen functional groups attached to an aromatic ring is 1. The van der Waals surface area contributed by atoms with Gasteiger partial charge in [0.2, 0.25) is 0 Å². The van der Waals surface area contributed by atoms with Gasteiger partial charge in [-0.2, -0.15) is 0 Å². The van der Waals surface area contributed by atoms with Crippen LogP contribution in [0.25, 0.3) is 0 Å². The first kappa shape index (κ1) is 10.1. The van der Waals surface area contributed by atoms with Crippen LogP contribution in [0.1, 0.15) is 5.56 Å². The molecule has 0 fully saturated rings. The first-order valence-corrected chi connectivity index (χ1v) is 4.54. The zero-order valence-electron chi connectivity index (χ0n) is 7.21. The minimum atomic E-state index is -0.287. The molecular weight excluding hydrogens is 234 g/mol. The fourth-order valence-electron chi connectivity index (χ4n) is 0.964. The second kappa shape index (κ2) is 4.28. The van der Waals surface area contributed by atoms with E-state index in [0.29, 0.717) is 5.69 Å². The van der Waals surface area contributed by atoms with Gasteiger partial charge in [-0.1, -0.05) is 12.1 Å². The second-order valence-electron chi connectivity index (χ2n) is 2.57. The average molecular weight is 244 g/mol. The van der Waals surface area contributed by atoms with E-state index in [1.807, 2.05) is 12.1 Å². The molecule has 70 valence electrons. The fourth-order valence-corrected chi connectivity index (χ4v) is 1.37. The van der Waals surface area contributed by atoms with Crippen molar-refractivity contribution in [1.29, 1.82) is 0 Å². The van der Waals surface area contributed by atoms with E-state index in [1.165, 1.54) is 7.11 Å². The van der Waals surface area contributed by atoms with E-state index < -0.39 is 0 Å². The Morgan fingerprint density at radius 1 is 1.62 bits per heavy atom. The maximum Gasteiger partial charge on any atom is 0.310 e. The van der Waals surface area contributed by atoms with E-state index in [-0.39, 0.29) is 12.4 Å². The van der Waals surface area contributed by atoms with Gasteiger partial charge in [0.15, 0.2) is 0 Å². The van der Waals surface area contributed by atoms with Crippen molar-refractivity contribution in [2.24, 2.45) is 0 Å². The van der Waals surface area contributed by atoms with E-state index in [1.54, 1.807) is 6.07 Å². The first-order valence-electron chi connectivity index (χ1n) is 3.75. The summed E-state index contributed by atoms with van der Waals surface area (Å²) in [4.78, 5) is 11.0. The van der Waals surface area contributed by atoms with E-state index in [9.17, 15) is 4.79 Å². The summed E-state index contributed by atoms with van der Waals surface area (Å²) in [5.74, 6) is -0.287. The molecule has 3 nitrogen and oxygen atoms in total. The molecule has 2 N–H and O–H groups in total. The number of esters is 1. The van der Waals surface area contributed by atoms with Crippen LogP contribution in [0.3, 0.4) is 0 Å². The van der Waals surface area contributed by atoms with Crippen molar-refractivity contribution in [1.82, 2.24) is 0 Å². The topological polar surface area (TPSA) is 52.3 Å². The van der Waals surface area contributed by atoms with E-state index in [2.05, 4.69) is 20.7 Å². The Balaban J connectivity index is 2.89. The highest BCUT2D eigenvalue weighted by molar-refractivity contribution is 9.10. The number of ether oxygens (including phenoxy) is 1. The van der Waals surface area contributed by atoms with Gasteiger partial charge < -0.3 is 10.5 Å². The first-order chi connectivity index (χ1) is 6.15. The lowest BCUT2D eigenvalue weighted by Gasteiger charge is -2.05. The van der Waals surface area contributed by atoms with Gasteiger partial charge in [0.25, 0.3) is 0 Å². The number of rotatable bonds is 2. The quantitative estimate of drug-likeness (QED) is 0.636. The van der Waals surface area contributed by atoms with Crippen LogP contribution in [0.4, 0.5) is 5.69 Å². The third-order valence-electron chi connectivity index (χ3n) is 1.71. The largest absolute Gasteiger partial charge is 0.469 e. The molecule has 1 aromatic carbocycles. The molecule has 0 aliphatic heterocycles. The number of hydrogen-bond acceptors (Lipinski definition) is 3. The van der Waals surface area contributed by atoms with Gasteiger partial charge >= 0.3 is 5.97 Å². The summed E-state index contributed by atoms with van der Waals surface area (Å²) in [5, 5.41) is 0. The summed E-state index contributed by atoms with van der Waals surface area (Å²) in [5.41, 5.74) is 7.10. The number of carbonyl (C=O) groups is 1. The normalized spacial score (nSPS) is 9.69. The maximum absolute atomic E-state index is 11.0. The lowest BCUT2D eigenvalue weighted by molar-refractivity contribution is -0.139. The molecule has 0 saturated heterocycles. The number of halogens is 1. The third kappa shape index (κ3) is 2.45. The van der Waals surface area contributed by atoms with Crippen LogP contribution in [-0.4, -0.2) is 13.1 Å². The molecule has 0 aromatic heterocycles. The van der Waals surface area contributed by atoms with Gasteiger partial charge in [-0.3, -0.25) is 4.79 Å². The number of benzene rings is 1. The number of carbonyl (C=O) groups excluding carboxylic acids is 1. The number of nitrogens with two attached hydrogens (primary N) is 1. The smallest absolute Gasteiger partial charge is 0.310 e. The van der Waals surface area contributed by atoms with Crippen LogP contribution in [0.5, 0.6) is 0 Å². The van der Waals surface area contributed by atoms with Crippen molar-refractivity contribution in [2.75, 3.05) is 12.8 Å². The van der Waals surface area contributed by atoms with Crippen molar-refractivity contribution in [2.45, 2.75) is 6.42 Å². The molecule has 0 atom stereocenters. The minimum absolute atomic E-state index is 0.210. The Labute approximate surface area is 85.0 Å². The summed E-state index contributed by atoms with van der Waals surface area (Å²) < 4.78 is 5.34. The molecule has 0 saturated carbocycles. The van der Waals surface area contributed by atoms with Gasteiger partial charge in [-0.25, -0.2) is 0 Å². The van der Waals surface area contributed by atoms with E-state index >= 15 is 0 Å². The highest BCUT2D eigenvalue weighted by Crippen LogP contribution is 2.23. The average Bonchev–Trinajstić information content (AvgIpc) is 2.13. The van der Waals surface area contributed by atoms with Gasteiger partial charge in [0, 0.05) is 10.2 Å². The fraction of sp³-hybridized carbons (Fsp3) is 0.222. The molecule has 1 aromatic rings. The van der Waals surface area contributed by atoms with Crippen molar-refractivity contribution < 1.29 is 9.53 Å². The Morgan fingerprint density at radius 2 is 2.31 bits per heavy atom. The molecule has 0 heterocycles. The molecule has 0 unspecified atom stereocenters. The number of para-hydroxylation sites is 1. The monoisotopic (exact) mass is 243 g/mol. The van der Waals surface area contributed by atoms with Crippen LogP contribution in [-0.2, 0) is 16.0 Å². The Hall–Kier alpha value is -1.03. The molecule has 0 aliphatic carbocycles. The maximum atomic E-state index is 11.0. The highest BCUT2D eigenvalue weighted by Gasteiger charge is 2.07. The standard InChI is InChI=1S/C9H10BrNO2/c1-13-8(12)5-6-3-2-4-7(10)9(6)11/h2-4H,5,11H2,1H3. The molecule has 0 spiro atoms. The zero-order chi connectivity index (χ0) is 9.84. The molecule has 0 amide bonds. The minimum Gasteiger partial charge on any atom is -0.469 e. The van der Waals surface area contributed by atoms with Gasteiger partial charge in [0.05, 0.1) is 13.5 Å². The zero-order valence-corrected chi connectivity index (χ0v) is 8.80. The van der Waals surface area contributed by atoms with Crippen molar-refractivity contribution in [3.63, 3.8) is 0 Å². The second-order valence-corrected chi connectivity index (χ2v) is 3.42. The summed E-state index contributed by atoms with van der Waals surface area (Å²) >= 11 is 3.28. The Kier molecular flexibility index (Phi) is 3.31. The molecular formula is C9H10BrNO2. The van der Waals surface area contributed by atoms with Crippen LogP contribution < -0.4 is 5.73 Å². The lowest BCUT2D eigenvalue weighted by Crippen LogP contribution is -2.06. The summed E-state index contributed by atoms with van der Waals surface area (Å²) in [7, 11) is 1.36. The van der Waals surface area contributed by atoms with Crippen LogP contribution in [0, 0.1) is 0 Å². The van der Waals surface area contributed by atoms with E-state index in [0.717, 1.165) is 10.0 Å². The number of anilines is 1. The van der Waals surface area contributed by atoms with Gasteiger partial charge in [0.1, 0.15) is 0 Å². The third-order valence-corrected chi connectivity index (χ3v) is 2.40. The van der Waals surface area contributed by atoms with Crippen LogP contribution in [0.15, 0.2) is 22.7 Å². The van der Waals surface area contributed by atoms with Gasteiger partial charge in [-0.05, 0) is 27.6 Å². The molecule has 4 heteroatoms. The summed E-state index contributed by atoms with van der Waals surface area (Å²) in [6, 6.07) is 5.46. The predicted molar refractivity (Wildman–Crippen MR) is 54.3 cm³/mol. The molecule has 0 bridgehead atoms. The van der Waals surface area contributed by atoms with Gasteiger partial charge in [-0.15, -0.1) is 0 Å². The molecule has 0 aliphatic rings. The molecule has 0 radical (unpaired) electrons. The number of methoxy groups -OCH3 is 1. The molecule has 1 rings (SSSR count). The Morgan fingerprint density at radius 3 is 2.92 bits per heavy atom. The Bertz CT molecular complexity index is 325. The van der Waals surface area contributed by atoms with Crippen LogP contribution in [0.2, 0.25) is 0 Å². The van der Waals surface area contributed by atoms with Crippen molar-refractivity contribution in [3.8, 4) is 0 Å². The van der Waals surface area contributed by atoms with Crippen LogP contribution >= 0.6 is 15.9 Å². The predicted octanol–water partition coefficient (Wildman–Crippen LogP) is 1.75. The highest BCUT2D eigenvalue weighted by atomic mass is 79.9. The number of hydrogen-bond donors (Lipinski definition) is 1. The molecule has 13 heavy (non-hydrogen) atoms.